The molecule has 0 radical (unpaired) electrons. The summed E-state index contributed by atoms with van der Waals surface area (Å²) in [6.07, 6.45) is -4.73. The number of rotatable bonds is 4. The van der Waals surface area contributed by atoms with Gasteiger partial charge in [-0.3, -0.25) is 4.74 Å². The molecule has 1 aromatic rings. The smallest absolute Gasteiger partial charge is 0.460 e. The largest absolute Gasteiger partial charge is 0.522 e. The molecule has 0 bridgehead atoms. The molecule has 0 heterocycles. The third-order valence-corrected chi connectivity index (χ3v) is 2.54. The molecule has 18 heavy (non-hydrogen) atoms. The van der Waals surface area contributed by atoms with E-state index in [1.165, 1.54) is 18.2 Å². The molecule has 0 fully saturated rings. The van der Waals surface area contributed by atoms with Crippen molar-refractivity contribution in [3.05, 3.63) is 28.2 Å². The quantitative estimate of drug-likeness (QED) is 0.524. The topological polar surface area (TPSA) is 61.6 Å². The van der Waals surface area contributed by atoms with Crippen LogP contribution in [0.1, 0.15) is 10.4 Å². The maximum absolute atomic E-state index is 11.6. The Morgan fingerprint density at radius 3 is 2.56 bits per heavy atom. The molecule has 1 aromatic carbocycles. The second kappa shape index (κ2) is 6.05. The molecule has 0 saturated carbocycles. The Morgan fingerprint density at radius 1 is 1.33 bits per heavy atom. The van der Waals surface area contributed by atoms with Gasteiger partial charge in [0.1, 0.15) is 6.61 Å². The second-order valence-electron chi connectivity index (χ2n) is 3.17. The molecule has 0 atom stereocenters. The fourth-order valence-corrected chi connectivity index (χ4v) is 1.29. The summed E-state index contributed by atoms with van der Waals surface area (Å²) in [5.41, 5.74) is 6.03. The monoisotopic (exact) mass is 327 g/mol. The highest BCUT2D eigenvalue weighted by Crippen LogP contribution is 2.20. The number of halogens is 4. The zero-order valence-electron chi connectivity index (χ0n) is 8.96. The number of carbonyl (C=O) groups excluding carboxylic acids is 1. The molecule has 0 aliphatic heterocycles. The van der Waals surface area contributed by atoms with Gasteiger partial charge in [-0.05, 0) is 34.1 Å². The lowest BCUT2D eigenvalue weighted by Gasteiger charge is -2.08. The second-order valence-corrected chi connectivity index (χ2v) is 4.02. The Balaban J connectivity index is 2.43. The Kier molecular flexibility index (Phi) is 4.97. The van der Waals surface area contributed by atoms with Gasteiger partial charge < -0.3 is 10.5 Å². The van der Waals surface area contributed by atoms with Gasteiger partial charge in [0, 0.05) is 10.2 Å². The van der Waals surface area contributed by atoms with Gasteiger partial charge in [-0.1, -0.05) is 0 Å². The van der Waals surface area contributed by atoms with E-state index in [1.807, 2.05) is 0 Å². The summed E-state index contributed by atoms with van der Waals surface area (Å²) in [6, 6.07) is 4.34. The van der Waals surface area contributed by atoms with Crippen molar-refractivity contribution in [2.75, 3.05) is 18.9 Å². The van der Waals surface area contributed by atoms with Gasteiger partial charge in [-0.2, -0.15) is 0 Å². The molecule has 0 aromatic heterocycles. The van der Waals surface area contributed by atoms with E-state index in [-0.39, 0.29) is 5.56 Å². The average molecular weight is 328 g/mol. The van der Waals surface area contributed by atoms with E-state index in [9.17, 15) is 18.0 Å². The molecule has 1 rings (SSSR count). The molecule has 8 heteroatoms. The zero-order chi connectivity index (χ0) is 13.8. The van der Waals surface area contributed by atoms with Gasteiger partial charge in [-0.25, -0.2) is 4.79 Å². The molecule has 4 nitrogen and oxygen atoms in total. The van der Waals surface area contributed by atoms with Crippen molar-refractivity contribution in [2.24, 2.45) is 0 Å². The summed E-state index contributed by atoms with van der Waals surface area (Å²) in [4.78, 5) is 11.4. The predicted molar refractivity (Wildman–Crippen MR) is 60.8 cm³/mol. The Labute approximate surface area is 109 Å². The number of hydrogen-bond donors (Lipinski definition) is 1. The standard InChI is InChI=1S/C10H9BrF3NO3/c11-7-2-1-6(5-8(7)15)9(16)17-3-4-18-10(12,13)14/h1-2,5H,3-4,15H2. The number of anilines is 1. The number of carbonyl (C=O) groups is 1. The van der Waals surface area contributed by atoms with E-state index in [0.717, 1.165) is 0 Å². The molecule has 0 saturated heterocycles. The van der Waals surface area contributed by atoms with Crippen molar-refractivity contribution in [3.8, 4) is 0 Å². The number of ether oxygens (including phenoxy) is 2. The number of alkyl halides is 3. The van der Waals surface area contributed by atoms with Gasteiger partial charge >= 0.3 is 12.3 Å². The van der Waals surface area contributed by atoms with Crippen LogP contribution in [0.3, 0.4) is 0 Å². The van der Waals surface area contributed by atoms with E-state index >= 15 is 0 Å². The number of benzene rings is 1. The minimum absolute atomic E-state index is 0.155. The molecular formula is C10H9BrF3NO3. The highest BCUT2D eigenvalue weighted by Gasteiger charge is 2.28. The summed E-state index contributed by atoms with van der Waals surface area (Å²) < 4.78 is 43.5. The molecule has 100 valence electrons. The van der Waals surface area contributed by atoms with Crippen molar-refractivity contribution >= 4 is 27.6 Å². The number of nitrogen functional groups attached to an aromatic ring is 1. The fourth-order valence-electron chi connectivity index (χ4n) is 1.05. The molecule has 2 N–H and O–H groups in total. The van der Waals surface area contributed by atoms with Crippen molar-refractivity contribution in [3.63, 3.8) is 0 Å². The maximum atomic E-state index is 11.6. The van der Waals surface area contributed by atoms with E-state index in [0.29, 0.717) is 10.2 Å². The summed E-state index contributed by atoms with van der Waals surface area (Å²) in [6.45, 7) is -1.24. The SMILES string of the molecule is Nc1cc(C(=O)OCCOC(F)(F)F)ccc1Br. The van der Waals surface area contributed by atoms with Gasteiger partial charge in [0.2, 0.25) is 0 Å². The third-order valence-electron chi connectivity index (χ3n) is 1.81. The lowest BCUT2D eigenvalue weighted by Crippen LogP contribution is -2.18. The van der Waals surface area contributed by atoms with E-state index < -0.39 is 25.5 Å². The summed E-state index contributed by atoms with van der Waals surface area (Å²) >= 11 is 3.14. The Morgan fingerprint density at radius 2 is 2.00 bits per heavy atom. The normalized spacial score (nSPS) is 11.3. The molecule has 0 unspecified atom stereocenters. The first-order valence-corrected chi connectivity index (χ1v) is 5.52. The van der Waals surface area contributed by atoms with Crippen LogP contribution in [0.25, 0.3) is 0 Å². The first-order chi connectivity index (χ1) is 8.29. The minimum Gasteiger partial charge on any atom is -0.460 e. The van der Waals surface area contributed by atoms with Crippen molar-refractivity contribution < 1.29 is 27.4 Å². The van der Waals surface area contributed by atoms with Gasteiger partial charge in [0.25, 0.3) is 0 Å². The average Bonchev–Trinajstić information content (AvgIpc) is 2.26. The highest BCUT2D eigenvalue weighted by atomic mass is 79.9. The Bertz CT molecular complexity index is 437. The van der Waals surface area contributed by atoms with Crippen LogP contribution in [0.5, 0.6) is 0 Å². The first-order valence-electron chi connectivity index (χ1n) is 4.72. The maximum Gasteiger partial charge on any atom is 0.522 e. The summed E-state index contributed by atoms with van der Waals surface area (Å²) in [5, 5.41) is 0. The van der Waals surface area contributed by atoms with Gasteiger partial charge in [0.05, 0.1) is 12.2 Å². The number of hydrogen-bond acceptors (Lipinski definition) is 4. The van der Waals surface area contributed by atoms with Gasteiger partial charge in [-0.15, -0.1) is 13.2 Å². The van der Waals surface area contributed by atoms with Crippen LogP contribution >= 0.6 is 15.9 Å². The van der Waals surface area contributed by atoms with Crippen molar-refractivity contribution in [1.82, 2.24) is 0 Å². The van der Waals surface area contributed by atoms with E-state index in [1.54, 1.807) is 0 Å². The van der Waals surface area contributed by atoms with Crippen LogP contribution in [0, 0.1) is 0 Å². The minimum atomic E-state index is -4.73. The summed E-state index contributed by atoms with van der Waals surface area (Å²) in [5.74, 6) is -0.764. The molecule has 0 aliphatic rings. The lowest BCUT2D eigenvalue weighted by atomic mass is 10.2. The third kappa shape index (κ3) is 4.92. The van der Waals surface area contributed by atoms with Crippen molar-refractivity contribution in [2.45, 2.75) is 6.36 Å². The number of esters is 1. The van der Waals surface area contributed by atoms with Crippen LogP contribution < -0.4 is 5.73 Å². The lowest BCUT2D eigenvalue weighted by molar-refractivity contribution is -0.326. The highest BCUT2D eigenvalue weighted by molar-refractivity contribution is 9.10. The predicted octanol–water partition coefficient (Wildman–Crippen LogP) is 2.72. The van der Waals surface area contributed by atoms with E-state index in [2.05, 4.69) is 25.4 Å². The number of nitrogens with two attached hydrogens (primary N) is 1. The summed E-state index contributed by atoms with van der Waals surface area (Å²) in [7, 11) is 0. The van der Waals surface area contributed by atoms with Crippen LogP contribution in [-0.2, 0) is 9.47 Å². The zero-order valence-corrected chi connectivity index (χ0v) is 10.5. The molecular weight excluding hydrogens is 319 g/mol. The Hall–Kier alpha value is -1.28. The van der Waals surface area contributed by atoms with E-state index in [4.69, 9.17) is 5.73 Å². The molecule has 0 aliphatic carbocycles. The van der Waals surface area contributed by atoms with Crippen LogP contribution in [0.2, 0.25) is 0 Å². The molecule has 0 spiro atoms. The van der Waals surface area contributed by atoms with Gasteiger partial charge in [0.15, 0.2) is 0 Å². The van der Waals surface area contributed by atoms with Crippen LogP contribution in [0.15, 0.2) is 22.7 Å². The fraction of sp³-hybridized carbons (Fsp3) is 0.300. The first kappa shape index (κ1) is 14.8. The van der Waals surface area contributed by atoms with Crippen molar-refractivity contribution in [1.29, 1.82) is 0 Å². The molecule has 0 amide bonds. The van der Waals surface area contributed by atoms with Crippen LogP contribution in [0.4, 0.5) is 18.9 Å². The van der Waals surface area contributed by atoms with Crippen LogP contribution in [-0.4, -0.2) is 25.5 Å².